The molecule has 0 aromatic carbocycles. The minimum absolute atomic E-state index is 0. The van der Waals surface area contributed by atoms with Crippen LogP contribution in [-0.4, -0.2) is 68.2 Å². The predicted molar refractivity (Wildman–Crippen MR) is 68.1 cm³/mol. The van der Waals surface area contributed by atoms with Gasteiger partial charge in [-0.2, -0.15) is 17.0 Å². The van der Waals surface area contributed by atoms with Gasteiger partial charge in [0.15, 0.2) is 0 Å². The Morgan fingerprint density at radius 2 is 1.50 bits per heavy atom. The summed E-state index contributed by atoms with van der Waals surface area (Å²) in [7, 11) is -0.0619. The molecule has 0 bridgehead atoms. The average molecular weight is 272 g/mol. The van der Waals surface area contributed by atoms with E-state index in [1.54, 1.807) is 18.4 Å². The van der Waals surface area contributed by atoms with Gasteiger partial charge < -0.3 is 0 Å². The number of piperazine rings is 1. The Hall–Kier alpha value is 0.120. The van der Waals surface area contributed by atoms with Gasteiger partial charge in [0.2, 0.25) is 0 Å². The Labute approximate surface area is 105 Å². The molecule has 1 aliphatic heterocycles. The molecule has 0 aliphatic carbocycles. The zero-order valence-electron chi connectivity index (χ0n) is 10.4. The molecule has 0 radical (unpaired) electrons. The van der Waals surface area contributed by atoms with Crippen LogP contribution in [0.25, 0.3) is 0 Å². The van der Waals surface area contributed by atoms with E-state index in [0.717, 1.165) is 13.1 Å². The molecule has 0 spiro atoms. The Morgan fingerprint density at radius 3 is 1.81 bits per heavy atom. The predicted octanol–water partition coefficient (Wildman–Crippen LogP) is 0.241. The Kier molecular flexibility index (Phi) is 6.21. The summed E-state index contributed by atoms with van der Waals surface area (Å²) in [6, 6.07) is 0.495. The van der Waals surface area contributed by atoms with Crippen LogP contribution in [0, 0.1) is 0 Å². The molecule has 1 rings (SSSR count). The fraction of sp³-hybridized carbons (Fsp3) is 1.00. The minimum Gasteiger partial charge on any atom is -0.298 e. The first-order valence-corrected chi connectivity index (χ1v) is 6.67. The topological polar surface area (TPSA) is 43.9 Å². The lowest BCUT2D eigenvalue weighted by atomic mass is 10.3. The second kappa shape index (κ2) is 6.16. The highest BCUT2D eigenvalue weighted by atomic mass is 35.5. The normalized spacial score (nSPS) is 20.1. The second-order valence-corrected chi connectivity index (χ2v) is 6.46. The van der Waals surface area contributed by atoms with Gasteiger partial charge in [-0.1, -0.05) is 0 Å². The van der Waals surface area contributed by atoms with E-state index in [9.17, 15) is 8.42 Å². The van der Waals surface area contributed by atoms with Crippen molar-refractivity contribution >= 4 is 22.6 Å². The van der Waals surface area contributed by atoms with Gasteiger partial charge in [-0.05, 0) is 13.8 Å². The molecule has 98 valence electrons. The van der Waals surface area contributed by atoms with E-state index in [0.29, 0.717) is 19.1 Å². The Balaban J connectivity index is 0.00000225. The molecule has 0 unspecified atom stereocenters. The zero-order valence-corrected chi connectivity index (χ0v) is 12.0. The second-order valence-electron chi connectivity index (χ2n) is 4.32. The van der Waals surface area contributed by atoms with Crippen molar-refractivity contribution in [1.29, 1.82) is 0 Å². The summed E-state index contributed by atoms with van der Waals surface area (Å²) in [4.78, 5) is 2.29. The van der Waals surface area contributed by atoms with E-state index in [1.165, 1.54) is 4.31 Å². The number of hydrogen-bond donors (Lipinski definition) is 0. The largest absolute Gasteiger partial charge is 0.298 e. The lowest BCUT2D eigenvalue weighted by Gasteiger charge is -2.37. The molecule has 1 saturated heterocycles. The molecule has 1 heterocycles. The fourth-order valence-corrected chi connectivity index (χ4v) is 2.77. The maximum absolute atomic E-state index is 11.8. The molecular weight excluding hydrogens is 250 g/mol. The summed E-state index contributed by atoms with van der Waals surface area (Å²) in [5.74, 6) is 0. The van der Waals surface area contributed by atoms with Crippen LogP contribution < -0.4 is 0 Å². The van der Waals surface area contributed by atoms with Crippen molar-refractivity contribution in [2.45, 2.75) is 19.9 Å². The van der Waals surface area contributed by atoms with Gasteiger partial charge in [0.25, 0.3) is 10.2 Å². The van der Waals surface area contributed by atoms with Crippen molar-refractivity contribution in [3.8, 4) is 0 Å². The lowest BCUT2D eigenvalue weighted by molar-refractivity contribution is 0.151. The molecular formula is C9H22ClN3O2S. The molecule has 7 heteroatoms. The fourth-order valence-electron chi connectivity index (χ4n) is 1.68. The third kappa shape index (κ3) is 3.56. The summed E-state index contributed by atoms with van der Waals surface area (Å²) in [6.07, 6.45) is 0. The van der Waals surface area contributed by atoms with E-state index in [4.69, 9.17) is 0 Å². The van der Waals surface area contributed by atoms with E-state index in [1.807, 2.05) is 0 Å². The molecule has 0 aromatic heterocycles. The van der Waals surface area contributed by atoms with Gasteiger partial charge in [-0.15, -0.1) is 12.4 Å². The molecule has 1 fully saturated rings. The van der Waals surface area contributed by atoms with Crippen LogP contribution in [-0.2, 0) is 10.2 Å². The smallest absolute Gasteiger partial charge is 0.281 e. The third-order valence-corrected chi connectivity index (χ3v) is 4.73. The number of nitrogens with zero attached hydrogens (tertiary/aromatic N) is 3. The van der Waals surface area contributed by atoms with Gasteiger partial charge in [0.05, 0.1) is 0 Å². The minimum atomic E-state index is -3.21. The molecule has 1 aliphatic rings. The van der Waals surface area contributed by atoms with Crippen molar-refractivity contribution in [2.75, 3.05) is 40.3 Å². The van der Waals surface area contributed by atoms with Crippen LogP contribution in [0.3, 0.4) is 0 Å². The lowest BCUT2D eigenvalue weighted by Crippen LogP contribution is -2.53. The van der Waals surface area contributed by atoms with Crippen molar-refractivity contribution < 1.29 is 8.42 Å². The van der Waals surface area contributed by atoms with Gasteiger partial charge in [-0.3, -0.25) is 4.90 Å². The summed E-state index contributed by atoms with van der Waals surface area (Å²) in [6.45, 7) is 7.11. The number of halogens is 1. The van der Waals surface area contributed by atoms with Gasteiger partial charge >= 0.3 is 0 Å². The van der Waals surface area contributed by atoms with Crippen LogP contribution in [0.15, 0.2) is 0 Å². The molecule has 0 amide bonds. The van der Waals surface area contributed by atoms with E-state index < -0.39 is 10.2 Å². The maximum atomic E-state index is 11.8. The maximum Gasteiger partial charge on any atom is 0.281 e. The average Bonchev–Trinajstić information content (AvgIpc) is 2.17. The molecule has 0 atom stereocenters. The van der Waals surface area contributed by atoms with Crippen LogP contribution in [0.5, 0.6) is 0 Å². The summed E-state index contributed by atoms with van der Waals surface area (Å²) >= 11 is 0. The van der Waals surface area contributed by atoms with Crippen LogP contribution >= 0.6 is 12.4 Å². The highest BCUT2D eigenvalue weighted by Gasteiger charge is 2.28. The van der Waals surface area contributed by atoms with Gasteiger partial charge in [-0.25, -0.2) is 0 Å². The standard InChI is InChI=1S/C9H21N3O2S.ClH/c1-9(2)11-5-7-12(8-6-11)15(13,14)10(3)4;/h9H,5-8H2,1-4H3;1H. The number of hydrogen-bond acceptors (Lipinski definition) is 3. The van der Waals surface area contributed by atoms with Crippen molar-refractivity contribution in [3.63, 3.8) is 0 Å². The summed E-state index contributed by atoms with van der Waals surface area (Å²) in [5, 5.41) is 0. The molecule has 0 aromatic rings. The summed E-state index contributed by atoms with van der Waals surface area (Å²) < 4.78 is 26.4. The number of rotatable bonds is 3. The first kappa shape index (κ1) is 16.1. The van der Waals surface area contributed by atoms with Crippen LogP contribution in [0.2, 0.25) is 0 Å². The zero-order chi connectivity index (χ0) is 11.6. The quantitative estimate of drug-likeness (QED) is 0.739. The highest BCUT2D eigenvalue weighted by molar-refractivity contribution is 7.86. The van der Waals surface area contributed by atoms with Crippen LogP contribution in [0.1, 0.15) is 13.8 Å². The first-order valence-electron chi connectivity index (χ1n) is 5.27. The monoisotopic (exact) mass is 271 g/mol. The molecule has 0 saturated carbocycles. The van der Waals surface area contributed by atoms with E-state index in [2.05, 4.69) is 18.7 Å². The van der Waals surface area contributed by atoms with Crippen LogP contribution in [0.4, 0.5) is 0 Å². The summed E-state index contributed by atoms with van der Waals surface area (Å²) in [5.41, 5.74) is 0. The van der Waals surface area contributed by atoms with Crippen molar-refractivity contribution in [2.24, 2.45) is 0 Å². The van der Waals surface area contributed by atoms with Gasteiger partial charge in [0, 0.05) is 46.3 Å². The molecule has 0 N–H and O–H groups in total. The Morgan fingerprint density at radius 1 is 1.06 bits per heavy atom. The SMILES string of the molecule is CC(C)N1CCN(S(=O)(=O)N(C)C)CC1.Cl. The van der Waals surface area contributed by atoms with Gasteiger partial charge in [0.1, 0.15) is 0 Å². The van der Waals surface area contributed by atoms with E-state index in [-0.39, 0.29) is 12.4 Å². The highest BCUT2D eigenvalue weighted by Crippen LogP contribution is 2.11. The van der Waals surface area contributed by atoms with E-state index >= 15 is 0 Å². The van der Waals surface area contributed by atoms with Crippen molar-refractivity contribution in [1.82, 2.24) is 13.5 Å². The Bertz CT molecular complexity index is 298. The molecule has 16 heavy (non-hydrogen) atoms. The first-order chi connectivity index (χ1) is 6.85. The van der Waals surface area contributed by atoms with Crippen molar-refractivity contribution in [3.05, 3.63) is 0 Å². The molecule has 5 nitrogen and oxygen atoms in total. The third-order valence-electron chi connectivity index (χ3n) is 2.79.